The molecule has 1 N–H and O–H groups in total. The molecular formula is C23H30N2O4. The SMILES string of the molecule is CCCOc1ccc(C=NC[C@@H](c2ccc(OC)cc2)N2CCOCC2)c(O)c1. The molecular weight excluding hydrogens is 368 g/mol. The first kappa shape index (κ1) is 21.1. The molecule has 0 spiro atoms. The van der Waals surface area contributed by atoms with Crippen molar-refractivity contribution in [2.24, 2.45) is 4.99 Å². The highest BCUT2D eigenvalue weighted by Gasteiger charge is 2.22. The largest absolute Gasteiger partial charge is 0.507 e. The number of hydrogen-bond donors (Lipinski definition) is 1. The second-order valence-electron chi connectivity index (χ2n) is 7.00. The molecule has 2 aromatic carbocycles. The molecule has 0 aliphatic carbocycles. The fourth-order valence-electron chi connectivity index (χ4n) is 3.34. The molecule has 0 radical (unpaired) electrons. The van der Waals surface area contributed by atoms with Crippen molar-refractivity contribution in [3.63, 3.8) is 0 Å². The molecule has 3 rings (SSSR count). The summed E-state index contributed by atoms with van der Waals surface area (Å²) in [5.74, 6) is 1.69. The normalized spacial score (nSPS) is 16.1. The molecule has 1 atom stereocenters. The summed E-state index contributed by atoms with van der Waals surface area (Å²) >= 11 is 0. The zero-order valence-electron chi connectivity index (χ0n) is 17.2. The van der Waals surface area contributed by atoms with Gasteiger partial charge in [0, 0.05) is 30.9 Å². The number of methoxy groups -OCH3 is 1. The molecule has 6 nitrogen and oxygen atoms in total. The second kappa shape index (κ2) is 10.8. The number of hydrogen-bond acceptors (Lipinski definition) is 6. The quantitative estimate of drug-likeness (QED) is 0.653. The van der Waals surface area contributed by atoms with E-state index in [-0.39, 0.29) is 11.8 Å². The molecule has 1 saturated heterocycles. The summed E-state index contributed by atoms with van der Waals surface area (Å²) in [5, 5.41) is 10.3. The van der Waals surface area contributed by atoms with E-state index in [1.54, 1.807) is 19.4 Å². The molecule has 1 fully saturated rings. The van der Waals surface area contributed by atoms with Gasteiger partial charge in [-0.25, -0.2) is 0 Å². The topological polar surface area (TPSA) is 63.5 Å². The number of morpholine rings is 1. The predicted octanol–water partition coefficient (Wildman–Crippen LogP) is 3.68. The fraction of sp³-hybridized carbons (Fsp3) is 0.435. The van der Waals surface area contributed by atoms with E-state index in [9.17, 15) is 5.11 Å². The molecule has 29 heavy (non-hydrogen) atoms. The third-order valence-corrected chi connectivity index (χ3v) is 4.97. The van der Waals surface area contributed by atoms with Crippen molar-refractivity contribution < 1.29 is 19.3 Å². The number of rotatable bonds is 9. The number of nitrogens with zero attached hydrogens (tertiary/aromatic N) is 2. The van der Waals surface area contributed by atoms with Gasteiger partial charge in [-0.1, -0.05) is 19.1 Å². The molecule has 0 bridgehead atoms. The molecule has 1 heterocycles. The third-order valence-electron chi connectivity index (χ3n) is 4.97. The predicted molar refractivity (Wildman–Crippen MR) is 114 cm³/mol. The molecule has 1 aliphatic rings. The van der Waals surface area contributed by atoms with Gasteiger partial charge in [0.2, 0.25) is 0 Å². The van der Waals surface area contributed by atoms with Crippen LogP contribution in [0.1, 0.15) is 30.5 Å². The first-order chi connectivity index (χ1) is 14.2. The maximum atomic E-state index is 10.3. The minimum absolute atomic E-state index is 0.148. The van der Waals surface area contributed by atoms with Crippen molar-refractivity contribution in [3.8, 4) is 17.2 Å². The minimum Gasteiger partial charge on any atom is -0.507 e. The Morgan fingerprint density at radius 2 is 1.86 bits per heavy atom. The zero-order chi connectivity index (χ0) is 20.5. The molecule has 156 valence electrons. The first-order valence-electron chi connectivity index (χ1n) is 10.1. The fourth-order valence-corrected chi connectivity index (χ4v) is 3.34. The highest BCUT2D eigenvalue weighted by Crippen LogP contribution is 2.26. The minimum atomic E-state index is 0.148. The van der Waals surface area contributed by atoms with Crippen LogP contribution in [0.2, 0.25) is 0 Å². The van der Waals surface area contributed by atoms with Crippen LogP contribution in [-0.4, -0.2) is 62.8 Å². The van der Waals surface area contributed by atoms with Gasteiger partial charge >= 0.3 is 0 Å². The zero-order valence-corrected chi connectivity index (χ0v) is 17.2. The van der Waals surface area contributed by atoms with Gasteiger partial charge in [-0.15, -0.1) is 0 Å². The van der Waals surface area contributed by atoms with Crippen molar-refractivity contribution in [1.29, 1.82) is 0 Å². The lowest BCUT2D eigenvalue weighted by atomic mass is 10.0. The van der Waals surface area contributed by atoms with E-state index < -0.39 is 0 Å². The van der Waals surface area contributed by atoms with Crippen molar-refractivity contribution >= 4 is 6.21 Å². The Hall–Kier alpha value is -2.57. The van der Waals surface area contributed by atoms with E-state index in [4.69, 9.17) is 14.2 Å². The van der Waals surface area contributed by atoms with E-state index in [1.807, 2.05) is 24.3 Å². The van der Waals surface area contributed by atoms with Crippen LogP contribution in [-0.2, 0) is 4.74 Å². The number of phenols is 1. The molecule has 0 aromatic heterocycles. The van der Waals surface area contributed by atoms with Gasteiger partial charge in [-0.05, 0) is 36.2 Å². The highest BCUT2D eigenvalue weighted by atomic mass is 16.5. The second-order valence-corrected chi connectivity index (χ2v) is 7.00. The van der Waals surface area contributed by atoms with Gasteiger partial charge in [0.25, 0.3) is 0 Å². The van der Waals surface area contributed by atoms with E-state index in [0.717, 1.165) is 38.5 Å². The number of ether oxygens (including phenoxy) is 3. The lowest BCUT2D eigenvalue weighted by Gasteiger charge is -2.34. The van der Waals surface area contributed by atoms with Gasteiger partial charge in [0.15, 0.2) is 0 Å². The Labute approximate surface area is 172 Å². The van der Waals surface area contributed by atoms with Crippen LogP contribution in [0.5, 0.6) is 17.2 Å². The lowest BCUT2D eigenvalue weighted by molar-refractivity contribution is 0.0180. The van der Waals surface area contributed by atoms with Crippen molar-refractivity contribution in [2.75, 3.05) is 46.6 Å². The molecule has 1 aliphatic heterocycles. The van der Waals surface area contributed by atoms with Crippen molar-refractivity contribution in [1.82, 2.24) is 4.90 Å². The number of aromatic hydroxyl groups is 1. The summed E-state index contributed by atoms with van der Waals surface area (Å²) in [6.07, 6.45) is 2.66. The Bertz CT molecular complexity index is 786. The molecule has 2 aromatic rings. The van der Waals surface area contributed by atoms with Crippen LogP contribution in [0.15, 0.2) is 47.5 Å². The summed E-state index contributed by atoms with van der Waals surface area (Å²) in [6.45, 7) is 6.50. The van der Waals surface area contributed by atoms with Gasteiger partial charge in [0.05, 0.1) is 39.5 Å². The van der Waals surface area contributed by atoms with Gasteiger partial charge < -0.3 is 19.3 Å². The maximum Gasteiger partial charge on any atom is 0.128 e. The van der Waals surface area contributed by atoms with E-state index in [0.29, 0.717) is 24.5 Å². The Kier molecular flexibility index (Phi) is 7.90. The molecule has 0 amide bonds. The first-order valence-corrected chi connectivity index (χ1v) is 10.1. The van der Waals surface area contributed by atoms with E-state index in [1.165, 1.54) is 5.56 Å². The van der Waals surface area contributed by atoms with Gasteiger partial charge in [-0.3, -0.25) is 9.89 Å². The Balaban J connectivity index is 1.71. The third kappa shape index (κ3) is 5.95. The average molecular weight is 399 g/mol. The van der Waals surface area contributed by atoms with Crippen LogP contribution < -0.4 is 9.47 Å². The van der Waals surface area contributed by atoms with Gasteiger partial charge in [0.1, 0.15) is 17.2 Å². The Morgan fingerprint density at radius 1 is 1.14 bits per heavy atom. The summed E-state index contributed by atoms with van der Waals surface area (Å²) in [5.41, 5.74) is 1.88. The number of phenolic OH excluding ortho intramolecular Hbond substituents is 1. The maximum absolute atomic E-state index is 10.3. The van der Waals surface area contributed by atoms with Crippen LogP contribution >= 0.6 is 0 Å². The van der Waals surface area contributed by atoms with E-state index in [2.05, 4.69) is 28.9 Å². The summed E-state index contributed by atoms with van der Waals surface area (Å²) in [6, 6.07) is 13.6. The highest BCUT2D eigenvalue weighted by molar-refractivity contribution is 5.83. The molecule has 0 unspecified atom stereocenters. The Morgan fingerprint density at radius 3 is 2.52 bits per heavy atom. The number of aliphatic imine (C=N–C) groups is 1. The average Bonchev–Trinajstić information content (AvgIpc) is 2.77. The summed E-state index contributed by atoms with van der Waals surface area (Å²) in [7, 11) is 1.67. The number of benzene rings is 2. The molecule has 0 saturated carbocycles. The summed E-state index contributed by atoms with van der Waals surface area (Å²) in [4.78, 5) is 7.04. The van der Waals surface area contributed by atoms with Crippen molar-refractivity contribution in [2.45, 2.75) is 19.4 Å². The van der Waals surface area contributed by atoms with Crippen LogP contribution in [0.4, 0.5) is 0 Å². The monoisotopic (exact) mass is 398 g/mol. The van der Waals surface area contributed by atoms with Crippen LogP contribution in [0.3, 0.4) is 0 Å². The standard InChI is InChI=1S/C23H30N2O4/c1-3-12-29-21-9-6-19(23(26)15-21)16-24-17-22(25-10-13-28-14-11-25)18-4-7-20(27-2)8-5-18/h4-9,15-16,22,26H,3,10-14,17H2,1-2H3/t22-/m0/s1. The van der Waals surface area contributed by atoms with E-state index >= 15 is 0 Å². The lowest BCUT2D eigenvalue weighted by Crippen LogP contribution is -2.40. The smallest absolute Gasteiger partial charge is 0.128 e. The van der Waals surface area contributed by atoms with Gasteiger partial charge in [-0.2, -0.15) is 0 Å². The van der Waals surface area contributed by atoms with Crippen LogP contribution in [0.25, 0.3) is 0 Å². The van der Waals surface area contributed by atoms with Crippen molar-refractivity contribution in [3.05, 3.63) is 53.6 Å². The molecule has 6 heteroatoms. The van der Waals surface area contributed by atoms with Crippen LogP contribution in [0, 0.1) is 0 Å². The summed E-state index contributed by atoms with van der Waals surface area (Å²) < 4.78 is 16.3.